The van der Waals surface area contributed by atoms with Crippen LogP contribution in [0.3, 0.4) is 0 Å². The number of para-hydroxylation sites is 1. The molecule has 0 saturated carbocycles. The lowest BCUT2D eigenvalue weighted by Gasteiger charge is -2.13. The van der Waals surface area contributed by atoms with Crippen LogP contribution < -0.4 is 10.6 Å². The summed E-state index contributed by atoms with van der Waals surface area (Å²) < 4.78 is 39.0. The van der Waals surface area contributed by atoms with Crippen molar-refractivity contribution < 1.29 is 18.0 Å². The Bertz CT molecular complexity index is 912. The van der Waals surface area contributed by atoms with Crippen molar-refractivity contribution in [1.29, 1.82) is 0 Å². The zero-order chi connectivity index (χ0) is 19.3. The fraction of sp³-hybridized carbons (Fsp3) is 0.105. The smallest absolute Gasteiger partial charge is 0.366 e. The van der Waals surface area contributed by atoms with Crippen molar-refractivity contribution in [3.05, 3.63) is 83.8 Å². The van der Waals surface area contributed by atoms with Gasteiger partial charge in [0, 0.05) is 25.1 Å². The average Bonchev–Trinajstić information content (AvgIpc) is 2.67. The van der Waals surface area contributed by atoms with Gasteiger partial charge >= 0.3 is 6.18 Å². The molecule has 0 aliphatic carbocycles. The predicted octanol–water partition coefficient (Wildman–Crippen LogP) is 4.36. The first kappa shape index (κ1) is 18.4. The van der Waals surface area contributed by atoms with Gasteiger partial charge in [-0.15, -0.1) is 0 Å². The minimum Gasteiger partial charge on any atom is -0.366 e. The highest BCUT2D eigenvalue weighted by atomic mass is 19.4. The van der Waals surface area contributed by atoms with Crippen molar-refractivity contribution in [2.24, 2.45) is 0 Å². The van der Waals surface area contributed by atoms with E-state index in [9.17, 15) is 18.0 Å². The molecule has 0 aliphatic rings. The van der Waals surface area contributed by atoms with Crippen LogP contribution in [0.1, 0.15) is 21.5 Å². The Morgan fingerprint density at radius 1 is 1.00 bits per heavy atom. The lowest BCUT2D eigenvalue weighted by molar-refractivity contribution is -0.136. The van der Waals surface area contributed by atoms with Crippen molar-refractivity contribution in [1.82, 2.24) is 9.97 Å². The molecule has 2 aromatic heterocycles. The molecule has 0 spiro atoms. The minimum absolute atomic E-state index is 0.154. The van der Waals surface area contributed by atoms with E-state index in [-0.39, 0.29) is 11.3 Å². The van der Waals surface area contributed by atoms with E-state index in [0.29, 0.717) is 12.4 Å². The van der Waals surface area contributed by atoms with Gasteiger partial charge in [-0.3, -0.25) is 9.78 Å². The number of anilines is 2. The number of carbonyl (C=O) groups excluding carboxylic acids is 1. The number of aromatic nitrogens is 2. The second-order valence-electron chi connectivity index (χ2n) is 5.64. The van der Waals surface area contributed by atoms with Gasteiger partial charge in [-0.05, 0) is 42.0 Å². The molecule has 2 N–H and O–H groups in total. The second kappa shape index (κ2) is 7.86. The third kappa shape index (κ3) is 4.81. The first-order chi connectivity index (χ1) is 12.9. The number of nitrogens with one attached hydrogen (secondary N) is 2. The zero-order valence-electron chi connectivity index (χ0n) is 14.0. The van der Waals surface area contributed by atoms with Crippen LogP contribution in [0.15, 0.2) is 67.1 Å². The predicted molar refractivity (Wildman–Crippen MR) is 95.2 cm³/mol. The van der Waals surface area contributed by atoms with Crippen LogP contribution in [-0.2, 0) is 12.7 Å². The SMILES string of the molecule is O=C(Nc1ccccc1C(F)(F)F)c1ccc(NCc2ccncc2)nc1. The van der Waals surface area contributed by atoms with Gasteiger partial charge in [0.15, 0.2) is 0 Å². The third-order valence-corrected chi connectivity index (χ3v) is 3.73. The van der Waals surface area contributed by atoms with Gasteiger partial charge in [0.2, 0.25) is 0 Å². The first-order valence-corrected chi connectivity index (χ1v) is 8.00. The summed E-state index contributed by atoms with van der Waals surface area (Å²) in [5, 5.41) is 5.37. The third-order valence-electron chi connectivity index (χ3n) is 3.73. The second-order valence-corrected chi connectivity index (χ2v) is 5.64. The first-order valence-electron chi connectivity index (χ1n) is 8.00. The maximum atomic E-state index is 13.0. The van der Waals surface area contributed by atoms with Crippen LogP contribution >= 0.6 is 0 Å². The van der Waals surface area contributed by atoms with E-state index in [4.69, 9.17) is 0 Å². The van der Waals surface area contributed by atoms with Crippen molar-refractivity contribution in [2.45, 2.75) is 12.7 Å². The van der Waals surface area contributed by atoms with E-state index < -0.39 is 17.6 Å². The molecule has 0 atom stereocenters. The van der Waals surface area contributed by atoms with E-state index in [1.165, 1.54) is 30.5 Å². The molecule has 27 heavy (non-hydrogen) atoms. The van der Waals surface area contributed by atoms with Gasteiger partial charge in [0.05, 0.1) is 16.8 Å². The molecule has 1 aromatic carbocycles. The number of pyridine rings is 2. The van der Waals surface area contributed by atoms with Crippen LogP contribution in [0.25, 0.3) is 0 Å². The van der Waals surface area contributed by atoms with Crippen molar-refractivity contribution in [3.63, 3.8) is 0 Å². The van der Waals surface area contributed by atoms with Gasteiger partial charge in [-0.1, -0.05) is 12.1 Å². The summed E-state index contributed by atoms with van der Waals surface area (Å²) in [6.07, 6.45) is 0.108. The molecule has 0 radical (unpaired) electrons. The fourth-order valence-corrected chi connectivity index (χ4v) is 2.36. The maximum Gasteiger partial charge on any atom is 0.418 e. The van der Waals surface area contributed by atoms with Crippen LogP contribution in [0.2, 0.25) is 0 Å². The monoisotopic (exact) mass is 372 g/mol. The van der Waals surface area contributed by atoms with Crippen molar-refractivity contribution in [2.75, 3.05) is 10.6 Å². The van der Waals surface area contributed by atoms with Crippen molar-refractivity contribution >= 4 is 17.4 Å². The normalized spacial score (nSPS) is 11.1. The van der Waals surface area contributed by atoms with E-state index >= 15 is 0 Å². The number of hydrogen-bond acceptors (Lipinski definition) is 4. The molecule has 138 valence electrons. The fourth-order valence-electron chi connectivity index (χ4n) is 2.36. The summed E-state index contributed by atoms with van der Waals surface area (Å²) in [5.74, 6) is -0.126. The van der Waals surface area contributed by atoms with Crippen LogP contribution in [0.4, 0.5) is 24.7 Å². The molecule has 3 aromatic rings. The molecule has 0 unspecified atom stereocenters. The lowest BCUT2D eigenvalue weighted by atomic mass is 10.1. The van der Waals surface area contributed by atoms with Gasteiger partial charge in [0.25, 0.3) is 5.91 Å². The molecule has 3 rings (SSSR count). The minimum atomic E-state index is -4.55. The molecule has 0 fully saturated rings. The summed E-state index contributed by atoms with van der Waals surface area (Å²) >= 11 is 0. The molecule has 0 saturated heterocycles. The topological polar surface area (TPSA) is 66.9 Å². The summed E-state index contributed by atoms with van der Waals surface area (Å²) in [6, 6.07) is 11.6. The van der Waals surface area contributed by atoms with Crippen LogP contribution in [-0.4, -0.2) is 15.9 Å². The highest BCUT2D eigenvalue weighted by molar-refractivity contribution is 6.04. The standard InChI is InChI=1S/C19H15F3N4O/c20-19(21,22)15-3-1-2-4-16(15)26-18(27)14-5-6-17(25-12-14)24-11-13-7-9-23-10-8-13/h1-10,12H,11H2,(H,24,25)(H,26,27). The van der Waals surface area contributed by atoms with Gasteiger partial charge in [-0.25, -0.2) is 4.98 Å². The van der Waals surface area contributed by atoms with Gasteiger partial charge < -0.3 is 10.6 Å². The van der Waals surface area contributed by atoms with Gasteiger partial charge in [0.1, 0.15) is 5.82 Å². The quantitative estimate of drug-likeness (QED) is 0.698. The highest BCUT2D eigenvalue weighted by Gasteiger charge is 2.33. The largest absolute Gasteiger partial charge is 0.418 e. The Morgan fingerprint density at radius 3 is 2.41 bits per heavy atom. The summed E-state index contributed by atoms with van der Waals surface area (Å²) in [7, 11) is 0. The maximum absolute atomic E-state index is 13.0. The molecule has 1 amide bonds. The summed E-state index contributed by atoms with van der Waals surface area (Å²) in [4.78, 5) is 20.3. The molecule has 8 heteroatoms. The Hall–Kier alpha value is -3.42. The number of rotatable bonds is 5. The number of carbonyl (C=O) groups is 1. The Labute approximate surface area is 153 Å². The van der Waals surface area contributed by atoms with E-state index in [0.717, 1.165) is 11.6 Å². The molecular weight excluding hydrogens is 357 g/mol. The van der Waals surface area contributed by atoms with Gasteiger partial charge in [-0.2, -0.15) is 13.2 Å². The number of hydrogen-bond donors (Lipinski definition) is 2. The van der Waals surface area contributed by atoms with Crippen molar-refractivity contribution in [3.8, 4) is 0 Å². The number of benzene rings is 1. The van der Waals surface area contributed by atoms with E-state index in [1.54, 1.807) is 18.5 Å². The number of halogens is 3. The lowest BCUT2D eigenvalue weighted by Crippen LogP contribution is -2.17. The molecular formula is C19H15F3N4O. The number of alkyl halides is 3. The zero-order valence-corrected chi connectivity index (χ0v) is 14.0. The molecule has 0 aliphatic heterocycles. The summed E-state index contributed by atoms with van der Waals surface area (Å²) in [6.45, 7) is 0.528. The average molecular weight is 372 g/mol. The number of amides is 1. The van der Waals surface area contributed by atoms with E-state index in [2.05, 4.69) is 20.6 Å². The Morgan fingerprint density at radius 2 is 1.74 bits per heavy atom. The van der Waals surface area contributed by atoms with Crippen LogP contribution in [0, 0.1) is 0 Å². The Balaban J connectivity index is 1.66. The van der Waals surface area contributed by atoms with E-state index in [1.807, 2.05) is 12.1 Å². The molecule has 2 heterocycles. The molecule has 5 nitrogen and oxygen atoms in total. The highest BCUT2D eigenvalue weighted by Crippen LogP contribution is 2.34. The Kier molecular flexibility index (Phi) is 5.35. The number of nitrogens with zero attached hydrogens (tertiary/aromatic N) is 2. The van der Waals surface area contributed by atoms with Crippen LogP contribution in [0.5, 0.6) is 0 Å². The summed E-state index contributed by atoms with van der Waals surface area (Å²) in [5.41, 5.74) is -0.0318. The molecule has 0 bridgehead atoms.